The molecule has 3 amide bonds. The van der Waals surface area contributed by atoms with Gasteiger partial charge in [-0.1, -0.05) is 67.1 Å². The quantitative estimate of drug-likeness (QED) is 0.210. The SMILES string of the molecule is CCCC(=O)N(CCC(=O)NC[C@@H](S)Cc1ccccc1F)Cc1ccc(-c2ccccc2S(=O)(=O)NC(C)=O)c(Cl)c1. The Morgan fingerprint density at radius 1 is 1.00 bits per heavy atom. The number of carbonyl (C=O) groups excluding carboxylic acids is 3. The number of nitrogens with zero attached hydrogens (tertiary/aromatic N) is 1. The van der Waals surface area contributed by atoms with Crippen LogP contribution in [0.5, 0.6) is 0 Å². The van der Waals surface area contributed by atoms with Crippen LogP contribution in [-0.4, -0.2) is 49.4 Å². The van der Waals surface area contributed by atoms with Crippen LogP contribution in [0.2, 0.25) is 5.02 Å². The van der Waals surface area contributed by atoms with Gasteiger partial charge in [-0.25, -0.2) is 17.5 Å². The van der Waals surface area contributed by atoms with Gasteiger partial charge in [-0.15, -0.1) is 0 Å². The number of rotatable bonds is 14. The van der Waals surface area contributed by atoms with Crippen molar-refractivity contribution in [3.8, 4) is 11.1 Å². The van der Waals surface area contributed by atoms with E-state index < -0.39 is 15.9 Å². The molecule has 3 aromatic rings. The van der Waals surface area contributed by atoms with Gasteiger partial charge in [0.25, 0.3) is 10.0 Å². The standard InChI is InChI=1S/C31H35ClFN3O5S2/c1-3-8-31(39)36(16-15-30(38)34-19-24(42)18-23-9-4-6-11-28(23)33)20-22-13-14-25(27(32)17-22)26-10-5-7-12-29(26)43(40,41)35-21(2)37/h4-7,9-14,17,24,42H,3,8,15-16,18-20H2,1-2H3,(H,34,38)(H,35,37)/t24-/m0/s1. The largest absolute Gasteiger partial charge is 0.355 e. The summed E-state index contributed by atoms with van der Waals surface area (Å²) in [6.45, 7) is 3.62. The molecule has 3 rings (SSSR count). The van der Waals surface area contributed by atoms with Crippen LogP contribution in [0.1, 0.15) is 44.2 Å². The normalized spacial score (nSPS) is 11.9. The molecule has 0 aromatic heterocycles. The van der Waals surface area contributed by atoms with Gasteiger partial charge < -0.3 is 10.2 Å². The maximum Gasteiger partial charge on any atom is 0.264 e. The fraction of sp³-hybridized carbons (Fsp3) is 0.323. The van der Waals surface area contributed by atoms with E-state index in [1.54, 1.807) is 59.5 Å². The molecule has 8 nitrogen and oxygen atoms in total. The van der Waals surface area contributed by atoms with Crippen LogP contribution in [0.4, 0.5) is 4.39 Å². The molecule has 43 heavy (non-hydrogen) atoms. The molecule has 0 saturated heterocycles. The van der Waals surface area contributed by atoms with Crippen molar-refractivity contribution in [3.63, 3.8) is 0 Å². The lowest BCUT2D eigenvalue weighted by molar-refractivity contribution is -0.132. The molecule has 0 bridgehead atoms. The van der Waals surface area contributed by atoms with E-state index in [0.717, 1.165) is 6.92 Å². The van der Waals surface area contributed by atoms with E-state index in [9.17, 15) is 27.2 Å². The summed E-state index contributed by atoms with van der Waals surface area (Å²) in [6, 6.07) is 17.7. The Bertz CT molecular complexity index is 1570. The van der Waals surface area contributed by atoms with Gasteiger partial charge in [0.05, 0.1) is 4.90 Å². The second kappa shape index (κ2) is 15.9. The minimum Gasteiger partial charge on any atom is -0.355 e. The van der Waals surface area contributed by atoms with E-state index in [-0.39, 0.29) is 58.9 Å². The zero-order valence-corrected chi connectivity index (χ0v) is 26.4. The topological polar surface area (TPSA) is 113 Å². The zero-order valence-electron chi connectivity index (χ0n) is 24.0. The van der Waals surface area contributed by atoms with Crippen molar-refractivity contribution in [2.24, 2.45) is 0 Å². The van der Waals surface area contributed by atoms with E-state index in [2.05, 4.69) is 17.9 Å². The number of benzene rings is 3. The van der Waals surface area contributed by atoms with Crippen LogP contribution in [0.25, 0.3) is 11.1 Å². The maximum atomic E-state index is 13.9. The molecular formula is C31H35ClFN3O5S2. The third kappa shape index (κ3) is 10.1. The maximum absolute atomic E-state index is 13.9. The Morgan fingerprint density at radius 3 is 2.37 bits per heavy atom. The van der Waals surface area contributed by atoms with Crippen LogP contribution in [0.3, 0.4) is 0 Å². The average Bonchev–Trinajstić information content (AvgIpc) is 2.95. The van der Waals surface area contributed by atoms with Gasteiger partial charge in [0.15, 0.2) is 0 Å². The van der Waals surface area contributed by atoms with Crippen LogP contribution in [0.15, 0.2) is 71.6 Å². The molecule has 0 heterocycles. The van der Waals surface area contributed by atoms with E-state index in [4.69, 9.17) is 11.6 Å². The van der Waals surface area contributed by atoms with Crippen molar-refractivity contribution in [1.29, 1.82) is 0 Å². The fourth-order valence-electron chi connectivity index (χ4n) is 4.47. The van der Waals surface area contributed by atoms with E-state index in [1.807, 2.05) is 11.6 Å². The summed E-state index contributed by atoms with van der Waals surface area (Å²) in [6.07, 6.45) is 1.37. The first-order valence-electron chi connectivity index (χ1n) is 13.8. The monoisotopic (exact) mass is 647 g/mol. The number of nitrogens with one attached hydrogen (secondary N) is 2. The highest BCUT2D eigenvalue weighted by Gasteiger charge is 2.22. The van der Waals surface area contributed by atoms with Gasteiger partial charge >= 0.3 is 0 Å². The number of hydrogen-bond acceptors (Lipinski definition) is 6. The number of amides is 3. The van der Waals surface area contributed by atoms with Gasteiger partial charge in [-0.05, 0) is 42.2 Å². The predicted octanol–water partition coefficient (Wildman–Crippen LogP) is 5.15. The summed E-state index contributed by atoms with van der Waals surface area (Å²) >= 11 is 11.1. The summed E-state index contributed by atoms with van der Waals surface area (Å²) in [5.41, 5.74) is 1.98. The van der Waals surface area contributed by atoms with Crippen molar-refractivity contribution in [3.05, 3.63) is 88.7 Å². The Balaban J connectivity index is 1.68. The van der Waals surface area contributed by atoms with Gasteiger partial charge in [-0.3, -0.25) is 14.4 Å². The molecular weight excluding hydrogens is 613 g/mol. The third-order valence-electron chi connectivity index (χ3n) is 6.53. The van der Waals surface area contributed by atoms with Gasteiger partial charge in [0.2, 0.25) is 17.7 Å². The molecule has 2 N–H and O–H groups in total. The lowest BCUT2D eigenvalue weighted by Crippen LogP contribution is -2.36. The highest BCUT2D eigenvalue weighted by Crippen LogP contribution is 2.33. The van der Waals surface area contributed by atoms with Crippen LogP contribution < -0.4 is 10.0 Å². The van der Waals surface area contributed by atoms with Crippen molar-refractivity contribution in [1.82, 2.24) is 14.9 Å². The molecule has 230 valence electrons. The van der Waals surface area contributed by atoms with Crippen LogP contribution in [0, 0.1) is 5.82 Å². The second-order valence-electron chi connectivity index (χ2n) is 10.0. The zero-order chi connectivity index (χ0) is 31.6. The fourth-order valence-corrected chi connectivity index (χ4v) is 6.28. The molecule has 1 atom stereocenters. The second-order valence-corrected chi connectivity index (χ2v) is 12.8. The van der Waals surface area contributed by atoms with Crippen molar-refractivity contribution in [2.45, 2.75) is 56.2 Å². The molecule has 0 aliphatic rings. The number of hydrogen-bond donors (Lipinski definition) is 3. The molecule has 0 aliphatic heterocycles. The number of thiol groups is 1. The summed E-state index contributed by atoms with van der Waals surface area (Å²) < 4.78 is 41.3. The minimum absolute atomic E-state index is 0.0653. The van der Waals surface area contributed by atoms with Crippen molar-refractivity contribution < 1.29 is 27.2 Å². The van der Waals surface area contributed by atoms with Crippen molar-refractivity contribution in [2.75, 3.05) is 13.1 Å². The Labute approximate surface area is 262 Å². The lowest BCUT2D eigenvalue weighted by Gasteiger charge is -2.23. The smallest absolute Gasteiger partial charge is 0.264 e. The Hall–Kier alpha value is -3.41. The Morgan fingerprint density at radius 2 is 1.70 bits per heavy atom. The predicted molar refractivity (Wildman–Crippen MR) is 169 cm³/mol. The molecule has 0 fully saturated rings. The number of sulfonamides is 1. The highest BCUT2D eigenvalue weighted by molar-refractivity contribution is 7.90. The summed E-state index contributed by atoms with van der Waals surface area (Å²) in [4.78, 5) is 38.4. The van der Waals surface area contributed by atoms with Gasteiger partial charge in [0.1, 0.15) is 5.82 Å². The number of carbonyl (C=O) groups is 3. The Kier molecular flexibility index (Phi) is 12.6. The average molecular weight is 648 g/mol. The van der Waals surface area contributed by atoms with E-state index in [1.165, 1.54) is 12.1 Å². The molecule has 0 saturated carbocycles. The highest BCUT2D eigenvalue weighted by atomic mass is 35.5. The van der Waals surface area contributed by atoms with E-state index >= 15 is 0 Å². The molecule has 12 heteroatoms. The van der Waals surface area contributed by atoms with Crippen LogP contribution in [-0.2, 0) is 37.4 Å². The first-order valence-corrected chi connectivity index (χ1v) is 16.2. The molecule has 0 aliphatic carbocycles. The van der Waals surface area contributed by atoms with Gasteiger partial charge in [0, 0.05) is 60.8 Å². The molecule has 0 radical (unpaired) electrons. The molecule has 3 aromatic carbocycles. The first-order chi connectivity index (χ1) is 20.4. The third-order valence-corrected chi connectivity index (χ3v) is 8.69. The number of halogens is 2. The first kappa shape index (κ1) is 34.1. The minimum atomic E-state index is -4.12. The summed E-state index contributed by atoms with van der Waals surface area (Å²) in [5.74, 6) is -1.40. The summed E-state index contributed by atoms with van der Waals surface area (Å²) in [7, 11) is -4.12. The van der Waals surface area contributed by atoms with Gasteiger partial charge in [-0.2, -0.15) is 12.6 Å². The lowest BCUT2D eigenvalue weighted by atomic mass is 10.0. The van der Waals surface area contributed by atoms with E-state index in [0.29, 0.717) is 41.5 Å². The summed E-state index contributed by atoms with van der Waals surface area (Å²) in [5, 5.41) is 2.79. The van der Waals surface area contributed by atoms with Crippen LogP contribution >= 0.6 is 24.2 Å². The molecule has 0 spiro atoms. The van der Waals surface area contributed by atoms with Crippen molar-refractivity contribution >= 4 is 52.0 Å². The molecule has 0 unspecified atom stereocenters.